The van der Waals surface area contributed by atoms with E-state index in [1.54, 1.807) is 19.1 Å². The molecule has 1 aromatic rings. The molecule has 0 saturated carbocycles. The zero-order chi connectivity index (χ0) is 11.7. The van der Waals surface area contributed by atoms with Gasteiger partial charge in [-0.05, 0) is 24.6 Å². The van der Waals surface area contributed by atoms with Crippen molar-refractivity contribution in [2.45, 2.75) is 19.4 Å². The smallest absolute Gasteiger partial charge is 0.290 e. The van der Waals surface area contributed by atoms with Crippen molar-refractivity contribution in [2.75, 3.05) is 6.54 Å². The van der Waals surface area contributed by atoms with Crippen molar-refractivity contribution in [3.63, 3.8) is 0 Å². The number of carbonyl (C=O) groups excluding carboxylic acids is 2. The van der Waals surface area contributed by atoms with Crippen molar-refractivity contribution in [3.05, 3.63) is 35.6 Å². The number of Topliss-reactive ketones (excluding diaryl/α,β-unsaturated/α-hetero) is 1. The van der Waals surface area contributed by atoms with Gasteiger partial charge in [-0.3, -0.25) is 9.59 Å². The first-order valence-corrected chi connectivity index (χ1v) is 5.19. The lowest BCUT2D eigenvalue weighted by molar-refractivity contribution is -0.141. The Bertz CT molecular complexity index is 444. The number of carbonyl (C=O) groups is 2. The summed E-state index contributed by atoms with van der Waals surface area (Å²) in [5, 5.41) is 0. The van der Waals surface area contributed by atoms with Crippen LogP contribution in [0.2, 0.25) is 0 Å². The number of hydrogen-bond donors (Lipinski definition) is 0. The average Bonchev–Trinajstić information content (AvgIpc) is 2.59. The van der Waals surface area contributed by atoms with E-state index in [1.165, 1.54) is 17.0 Å². The summed E-state index contributed by atoms with van der Waals surface area (Å²) in [6.07, 6.45) is 0.262. The van der Waals surface area contributed by atoms with Crippen LogP contribution in [0.1, 0.15) is 24.9 Å². The fourth-order valence-electron chi connectivity index (χ4n) is 1.91. The zero-order valence-corrected chi connectivity index (χ0v) is 8.94. The second-order valence-electron chi connectivity index (χ2n) is 3.90. The Hall–Kier alpha value is -1.71. The number of nitrogens with zero attached hydrogens (tertiary/aromatic N) is 1. The van der Waals surface area contributed by atoms with Gasteiger partial charge in [0.15, 0.2) is 0 Å². The first kappa shape index (κ1) is 10.8. The Morgan fingerprint density at radius 2 is 2.12 bits per heavy atom. The molecule has 16 heavy (non-hydrogen) atoms. The van der Waals surface area contributed by atoms with Gasteiger partial charge in [0.1, 0.15) is 5.82 Å². The maximum absolute atomic E-state index is 13.0. The Morgan fingerprint density at radius 1 is 1.38 bits per heavy atom. The largest absolute Gasteiger partial charge is 0.329 e. The molecule has 4 heteroatoms. The van der Waals surface area contributed by atoms with E-state index in [2.05, 4.69) is 0 Å². The van der Waals surface area contributed by atoms with Gasteiger partial charge in [0, 0.05) is 13.0 Å². The van der Waals surface area contributed by atoms with Crippen molar-refractivity contribution < 1.29 is 14.0 Å². The minimum Gasteiger partial charge on any atom is -0.329 e. The van der Waals surface area contributed by atoms with E-state index in [9.17, 15) is 14.0 Å². The molecule has 1 saturated heterocycles. The summed E-state index contributed by atoms with van der Waals surface area (Å²) in [5.41, 5.74) is 0.711. The van der Waals surface area contributed by atoms with E-state index in [0.29, 0.717) is 12.1 Å². The highest BCUT2D eigenvalue weighted by Crippen LogP contribution is 2.24. The van der Waals surface area contributed by atoms with Crippen LogP contribution in [0.25, 0.3) is 0 Å². The Balaban J connectivity index is 2.22. The molecular weight excluding hydrogens is 209 g/mol. The standard InChI is InChI=1S/C12H12FNO2/c1-8(9-3-2-4-10(13)7-9)14-6-5-11(15)12(14)16/h2-4,7-8H,5-6H2,1H3. The summed E-state index contributed by atoms with van der Waals surface area (Å²) in [6.45, 7) is 2.22. The van der Waals surface area contributed by atoms with Gasteiger partial charge in [-0.25, -0.2) is 4.39 Å². The van der Waals surface area contributed by atoms with Crippen LogP contribution in [0.4, 0.5) is 4.39 Å². The van der Waals surface area contributed by atoms with E-state index in [-0.39, 0.29) is 24.1 Å². The quantitative estimate of drug-likeness (QED) is 0.712. The summed E-state index contributed by atoms with van der Waals surface area (Å²) in [5.74, 6) is -1.15. The van der Waals surface area contributed by atoms with Crippen LogP contribution in [0.5, 0.6) is 0 Å². The van der Waals surface area contributed by atoms with Crippen molar-refractivity contribution in [1.29, 1.82) is 0 Å². The highest BCUT2D eigenvalue weighted by molar-refractivity contribution is 6.37. The van der Waals surface area contributed by atoms with Gasteiger partial charge in [-0.1, -0.05) is 12.1 Å². The van der Waals surface area contributed by atoms with Crippen molar-refractivity contribution in [3.8, 4) is 0 Å². The summed E-state index contributed by atoms with van der Waals surface area (Å²) < 4.78 is 13.0. The van der Waals surface area contributed by atoms with Crippen molar-refractivity contribution >= 4 is 11.7 Å². The number of halogens is 1. The predicted octanol–water partition coefficient (Wildman–Crippen LogP) is 1.69. The minimum atomic E-state index is -0.461. The number of ketones is 1. The molecule has 1 heterocycles. The van der Waals surface area contributed by atoms with Crippen molar-refractivity contribution in [2.24, 2.45) is 0 Å². The predicted molar refractivity (Wildman–Crippen MR) is 56.2 cm³/mol. The van der Waals surface area contributed by atoms with Crippen LogP contribution >= 0.6 is 0 Å². The Morgan fingerprint density at radius 3 is 2.69 bits per heavy atom. The van der Waals surface area contributed by atoms with E-state index in [0.717, 1.165) is 0 Å². The maximum Gasteiger partial charge on any atom is 0.290 e. The summed E-state index contributed by atoms with van der Waals surface area (Å²) in [4.78, 5) is 24.1. The first-order chi connectivity index (χ1) is 7.59. The third kappa shape index (κ3) is 1.83. The SMILES string of the molecule is CC(c1cccc(F)c1)N1CCC(=O)C1=O. The molecule has 1 unspecified atom stereocenters. The monoisotopic (exact) mass is 221 g/mol. The lowest BCUT2D eigenvalue weighted by Crippen LogP contribution is -2.30. The summed E-state index contributed by atoms with van der Waals surface area (Å²) >= 11 is 0. The number of hydrogen-bond acceptors (Lipinski definition) is 2. The molecule has 1 amide bonds. The van der Waals surface area contributed by atoms with Gasteiger partial charge < -0.3 is 4.90 Å². The average molecular weight is 221 g/mol. The lowest BCUT2D eigenvalue weighted by Gasteiger charge is -2.23. The fourth-order valence-corrected chi connectivity index (χ4v) is 1.91. The van der Waals surface area contributed by atoms with Gasteiger partial charge in [0.05, 0.1) is 6.04 Å². The molecule has 0 N–H and O–H groups in total. The molecule has 1 aliphatic rings. The molecule has 1 fully saturated rings. The van der Waals surface area contributed by atoms with Crippen LogP contribution < -0.4 is 0 Å². The zero-order valence-electron chi connectivity index (χ0n) is 8.94. The number of rotatable bonds is 2. The van der Waals surface area contributed by atoms with Crippen LogP contribution in [-0.2, 0) is 9.59 Å². The van der Waals surface area contributed by atoms with Gasteiger partial charge >= 0.3 is 0 Å². The van der Waals surface area contributed by atoms with E-state index >= 15 is 0 Å². The Labute approximate surface area is 92.9 Å². The first-order valence-electron chi connectivity index (χ1n) is 5.19. The number of benzene rings is 1. The van der Waals surface area contributed by atoms with Crippen LogP contribution in [-0.4, -0.2) is 23.1 Å². The molecular formula is C12H12FNO2. The minimum absolute atomic E-state index is 0.255. The maximum atomic E-state index is 13.0. The third-order valence-electron chi connectivity index (χ3n) is 2.88. The van der Waals surface area contributed by atoms with Gasteiger partial charge in [-0.15, -0.1) is 0 Å². The molecule has 0 aliphatic carbocycles. The molecule has 0 spiro atoms. The highest BCUT2D eigenvalue weighted by Gasteiger charge is 2.32. The van der Waals surface area contributed by atoms with Crippen LogP contribution in [0.3, 0.4) is 0 Å². The molecule has 3 nitrogen and oxygen atoms in total. The lowest BCUT2D eigenvalue weighted by atomic mass is 10.1. The molecule has 84 valence electrons. The topological polar surface area (TPSA) is 37.4 Å². The van der Waals surface area contributed by atoms with Gasteiger partial charge in [-0.2, -0.15) is 0 Å². The Kier molecular flexibility index (Phi) is 2.73. The van der Waals surface area contributed by atoms with E-state index in [1.807, 2.05) is 0 Å². The number of likely N-dealkylation sites (tertiary alicyclic amines) is 1. The third-order valence-corrected chi connectivity index (χ3v) is 2.88. The molecule has 0 aromatic heterocycles. The molecule has 0 radical (unpaired) electrons. The molecule has 2 rings (SSSR count). The van der Waals surface area contributed by atoms with Crippen LogP contribution in [0.15, 0.2) is 24.3 Å². The second kappa shape index (κ2) is 4.04. The molecule has 1 aromatic carbocycles. The molecule has 1 atom stereocenters. The van der Waals surface area contributed by atoms with Crippen LogP contribution in [0, 0.1) is 5.82 Å². The van der Waals surface area contributed by atoms with Gasteiger partial charge in [0.25, 0.3) is 5.91 Å². The normalized spacial score (nSPS) is 18.0. The van der Waals surface area contributed by atoms with Gasteiger partial charge in [0.2, 0.25) is 5.78 Å². The van der Waals surface area contributed by atoms with E-state index in [4.69, 9.17) is 0 Å². The summed E-state index contributed by atoms with van der Waals surface area (Å²) in [6, 6.07) is 5.84. The fraction of sp³-hybridized carbons (Fsp3) is 0.333. The molecule has 0 bridgehead atoms. The summed E-state index contributed by atoms with van der Waals surface area (Å²) in [7, 11) is 0. The van der Waals surface area contributed by atoms with Crippen molar-refractivity contribution in [1.82, 2.24) is 4.90 Å². The second-order valence-corrected chi connectivity index (χ2v) is 3.90. The molecule has 1 aliphatic heterocycles. The highest BCUT2D eigenvalue weighted by atomic mass is 19.1. The number of amides is 1. The van der Waals surface area contributed by atoms with E-state index < -0.39 is 5.91 Å².